The average Bonchev–Trinajstić information content (AvgIpc) is 2.93. The number of ether oxygens (including phenoxy) is 1. The van der Waals surface area contributed by atoms with E-state index < -0.39 is 0 Å². The Morgan fingerprint density at radius 1 is 1.17 bits per heavy atom. The Kier molecular flexibility index (Phi) is 4.68. The molecule has 2 aromatic rings. The smallest absolute Gasteiger partial charge is 0.119 e. The van der Waals surface area contributed by atoms with E-state index in [9.17, 15) is 0 Å². The molecule has 0 N–H and O–H groups in total. The summed E-state index contributed by atoms with van der Waals surface area (Å²) in [7, 11) is 1.72. The van der Waals surface area contributed by atoms with Crippen molar-refractivity contribution in [3.8, 4) is 16.9 Å². The minimum atomic E-state index is 0.329. The molecule has 2 aromatic carbocycles. The van der Waals surface area contributed by atoms with E-state index in [-0.39, 0.29) is 0 Å². The molecule has 0 aromatic heterocycles. The van der Waals surface area contributed by atoms with Gasteiger partial charge < -0.3 is 4.74 Å². The summed E-state index contributed by atoms with van der Waals surface area (Å²) in [5.74, 6) is 2.04. The molecule has 0 bridgehead atoms. The fourth-order valence-corrected chi connectivity index (χ4v) is 4.28. The summed E-state index contributed by atoms with van der Waals surface area (Å²) in [5.41, 5.74) is 5.57. The minimum absolute atomic E-state index is 0.329. The van der Waals surface area contributed by atoms with Crippen LogP contribution >= 0.6 is 11.6 Å². The van der Waals surface area contributed by atoms with Gasteiger partial charge in [-0.05, 0) is 58.6 Å². The zero-order valence-electron chi connectivity index (χ0n) is 14.2. The lowest BCUT2D eigenvalue weighted by atomic mass is 9.74. The molecule has 2 heteroatoms. The van der Waals surface area contributed by atoms with Crippen LogP contribution in [0.3, 0.4) is 0 Å². The number of hydrogen-bond acceptors (Lipinski definition) is 1. The highest BCUT2D eigenvalue weighted by Gasteiger charge is 2.37. The summed E-state index contributed by atoms with van der Waals surface area (Å²) >= 11 is 6.30. The summed E-state index contributed by atoms with van der Waals surface area (Å²) < 4.78 is 5.41. The number of alkyl halides is 1. The first-order chi connectivity index (χ1) is 11.1. The topological polar surface area (TPSA) is 9.23 Å². The van der Waals surface area contributed by atoms with Crippen molar-refractivity contribution >= 4 is 11.6 Å². The van der Waals surface area contributed by atoms with Crippen LogP contribution < -0.4 is 4.74 Å². The first kappa shape index (κ1) is 16.4. The van der Waals surface area contributed by atoms with Gasteiger partial charge in [-0.25, -0.2) is 0 Å². The van der Waals surface area contributed by atoms with Gasteiger partial charge in [-0.1, -0.05) is 50.6 Å². The van der Waals surface area contributed by atoms with Gasteiger partial charge in [-0.15, -0.1) is 11.6 Å². The number of halogens is 1. The number of rotatable bonds is 4. The molecule has 0 aliphatic heterocycles. The minimum Gasteiger partial charge on any atom is -0.497 e. The summed E-state index contributed by atoms with van der Waals surface area (Å²) in [4.78, 5) is 0. The predicted octanol–water partition coefficient (Wildman–Crippen LogP) is 6.39. The van der Waals surface area contributed by atoms with Crippen molar-refractivity contribution in [1.82, 2.24) is 0 Å². The molecule has 1 aliphatic carbocycles. The Morgan fingerprint density at radius 3 is 2.61 bits per heavy atom. The van der Waals surface area contributed by atoms with Crippen molar-refractivity contribution in [2.75, 3.05) is 7.11 Å². The first-order valence-corrected chi connectivity index (χ1v) is 8.92. The maximum atomic E-state index is 6.30. The maximum Gasteiger partial charge on any atom is 0.119 e. The Hall–Kier alpha value is -1.47. The molecule has 0 spiro atoms. The van der Waals surface area contributed by atoms with Crippen LogP contribution in [0.25, 0.3) is 11.1 Å². The van der Waals surface area contributed by atoms with E-state index in [2.05, 4.69) is 50.2 Å². The highest BCUT2D eigenvalue weighted by Crippen LogP contribution is 2.52. The molecule has 3 rings (SSSR count). The first-order valence-electron chi connectivity index (χ1n) is 8.39. The van der Waals surface area contributed by atoms with Gasteiger partial charge in [0.1, 0.15) is 5.75 Å². The molecule has 1 nitrogen and oxygen atoms in total. The lowest BCUT2D eigenvalue weighted by Gasteiger charge is -2.31. The third kappa shape index (κ3) is 3.12. The van der Waals surface area contributed by atoms with Crippen LogP contribution in [0.15, 0.2) is 42.5 Å². The number of benzene rings is 2. The van der Waals surface area contributed by atoms with Gasteiger partial charge in [0.25, 0.3) is 0 Å². The van der Waals surface area contributed by atoms with Crippen LogP contribution in [-0.4, -0.2) is 7.11 Å². The molecule has 1 saturated carbocycles. The zero-order valence-corrected chi connectivity index (χ0v) is 15.0. The van der Waals surface area contributed by atoms with Crippen molar-refractivity contribution in [1.29, 1.82) is 0 Å². The van der Waals surface area contributed by atoms with Gasteiger partial charge in [0, 0.05) is 5.88 Å². The lowest BCUT2D eigenvalue weighted by molar-refractivity contribution is 0.332. The van der Waals surface area contributed by atoms with Gasteiger partial charge in [-0.3, -0.25) is 0 Å². The van der Waals surface area contributed by atoms with Crippen molar-refractivity contribution in [3.63, 3.8) is 0 Å². The Balaban J connectivity index is 2.17. The maximum absolute atomic E-state index is 6.30. The van der Waals surface area contributed by atoms with E-state index in [1.165, 1.54) is 41.5 Å². The molecule has 0 unspecified atom stereocenters. The van der Waals surface area contributed by atoms with Crippen molar-refractivity contribution in [2.24, 2.45) is 5.41 Å². The number of hydrogen-bond donors (Lipinski definition) is 0. The second-order valence-electron chi connectivity index (χ2n) is 7.18. The van der Waals surface area contributed by atoms with E-state index in [0.29, 0.717) is 17.2 Å². The van der Waals surface area contributed by atoms with Crippen LogP contribution in [0.1, 0.15) is 50.2 Å². The largest absolute Gasteiger partial charge is 0.497 e. The second-order valence-corrected chi connectivity index (χ2v) is 7.44. The summed E-state index contributed by atoms with van der Waals surface area (Å²) in [5, 5.41) is 0. The zero-order chi connectivity index (χ0) is 16.4. The van der Waals surface area contributed by atoms with Crippen molar-refractivity contribution < 1.29 is 4.74 Å². The van der Waals surface area contributed by atoms with Crippen molar-refractivity contribution in [3.05, 3.63) is 53.6 Å². The van der Waals surface area contributed by atoms with E-state index in [1.807, 2.05) is 6.07 Å². The van der Waals surface area contributed by atoms with Gasteiger partial charge >= 0.3 is 0 Å². The monoisotopic (exact) mass is 328 g/mol. The van der Waals surface area contributed by atoms with Crippen LogP contribution in [0.4, 0.5) is 0 Å². The summed E-state index contributed by atoms with van der Waals surface area (Å²) in [6, 6.07) is 14.9. The Morgan fingerprint density at radius 2 is 1.96 bits per heavy atom. The quantitative estimate of drug-likeness (QED) is 0.590. The fourth-order valence-electron chi connectivity index (χ4n) is 4.05. The molecule has 23 heavy (non-hydrogen) atoms. The third-order valence-corrected chi connectivity index (χ3v) is 5.61. The third-order valence-electron chi connectivity index (χ3n) is 5.33. The van der Waals surface area contributed by atoms with Gasteiger partial charge in [0.15, 0.2) is 0 Å². The Labute approximate surface area is 144 Å². The van der Waals surface area contributed by atoms with Gasteiger partial charge in [-0.2, -0.15) is 0 Å². The SMILES string of the molecule is COc1cccc(-c2cccc(CCl)c2[C@H]2CCCC2(C)C)c1. The summed E-state index contributed by atoms with van der Waals surface area (Å²) in [6.07, 6.45) is 3.83. The molecular formula is C21H25ClO. The Bertz CT molecular complexity index is 690. The van der Waals surface area contributed by atoms with Gasteiger partial charge in [0.05, 0.1) is 7.11 Å². The van der Waals surface area contributed by atoms with Crippen LogP contribution in [0, 0.1) is 5.41 Å². The van der Waals surface area contributed by atoms with E-state index in [4.69, 9.17) is 16.3 Å². The van der Waals surface area contributed by atoms with Gasteiger partial charge in [0.2, 0.25) is 0 Å². The second kappa shape index (κ2) is 6.57. The predicted molar refractivity (Wildman–Crippen MR) is 98.4 cm³/mol. The van der Waals surface area contributed by atoms with Crippen LogP contribution in [0.2, 0.25) is 0 Å². The van der Waals surface area contributed by atoms with Crippen molar-refractivity contribution in [2.45, 2.75) is 44.9 Å². The highest BCUT2D eigenvalue weighted by atomic mass is 35.5. The van der Waals surface area contributed by atoms with Crippen LogP contribution in [0.5, 0.6) is 5.75 Å². The van der Waals surface area contributed by atoms with E-state index >= 15 is 0 Å². The van der Waals surface area contributed by atoms with E-state index in [1.54, 1.807) is 7.11 Å². The summed E-state index contributed by atoms with van der Waals surface area (Å²) in [6.45, 7) is 4.79. The standard InChI is InChI=1S/C21H25ClO/c1-21(2)12-6-11-19(21)20-16(14-22)8-5-10-18(20)15-7-4-9-17(13-15)23-3/h4-5,7-10,13,19H,6,11-12,14H2,1-3H3/t19-/m1/s1. The molecule has 0 amide bonds. The fraction of sp³-hybridized carbons (Fsp3) is 0.429. The van der Waals surface area contributed by atoms with E-state index in [0.717, 1.165) is 5.75 Å². The molecule has 0 saturated heterocycles. The molecule has 1 aliphatic rings. The molecule has 122 valence electrons. The molecule has 0 heterocycles. The van der Waals surface area contributed by atoms with Crippen LogP contribution in [-0.2, 0) is 5.88 Å². The normalized spacial score (nSPS) is 19.7. The molecule has 1 fully saturated rings. The number of methoxy groups -OCH3 is 1. The highest BCUT2D eigenvalue weighted by molar-refractivity contribution is 6.17. The average molecular weight is 329 g/mol. The molecule has 1 atom stereocenters. The molecular weight excluding hydrogens is 304 g/mol. The molecule has 0 radical (unpaired) electrons. The lowest BCUT2D eigenvalue weighted by Crippen LogP contribution is -2.17.